The van der Waals surface area contributed by atoms with Gasteiger partial charge in [0.25, 0.3) is 0 Å². The van der Waals surface area contributed by atoms with E-state index in [-0.39, 0.29) is 25.3 Å². The van der Waals surface area contributed by atoms with Gasteiger partial charge in [0.1, 0.15) is 50.0 Å². The van der Waals surface area contributed by atoms with E-state index >= 15 is 0 Å². The molecule has 1 aliphatic rings. The first kappa shape index (κ1) is 30.6. The molecule has 224 valence electrons. The van der Waals surface area contributed by atoms with E-state index in [9.17, 15) is 34.8 Å². The van der Waals surface area contributed by atoms with Crippen molar-refractivity contribution in [3.63, 3.8) is 0 Å². The van der Waals surface area contributed by atoms with Crippen LogP contribution in [0.15, 0.2) is 73.2 Å². The molecule has 2 aromatic carbocycles. The fourth-order valence-corrected chi connectivity index (χ4v) is 4.15. The van der Waals surface area contributed by atoms with Gasteiger partial charge in [0.15, 0.2) is 6.23 Å². The Labute approximate surface area is 240 Å². The fourth-order valence-electron chi connectivity index (χ4n) is 4.15. The number of hydrogen-bond donors (Lipinski definition) is 6. The number of alkyl carbamates (subject to hydrolysis) is 1. The number of aliphatic hydroxyl groups is 4. The number of nitrogens with zero attached hydrogens (tertiary/aromatic N) is 2. The molecule has 1 aliphatic heterocycles. The molecule has 1 fully saturated rings. The summed E-state index contributed by atoms with van der Waals surface area (Å²) in [5, 5.41) is 44.6. The molecular weight excluding hydrogens is 552 g/mol. The Balaban J connectivity index is 1.43. The molecule has 2 heterocycles. The highest BCUT2D eigenvalue weighted by Crippen LogP contribution is 2.20. The number of carbonyl (C=O) groups excluding carboxylic acids is 3. The standard InChI is InChI=1S/C28H32N4O10/c33-13-21-22(34)23(35)24(36)26(42-21)31-25(37)20(30-27(38)40-14-17-7-3-1-4-8-17)11-19-12-32(16-29-19)28(39)41-15-18-9-5-2-6-10-18/h1-10,12,16,20-24,26,33-36H,11,13-15H2,(H,30,38)(H,31,37)/t20-,21+,22+,23-,24+,26+/m0/s1. The predicted octanol–water partition coefficient (Wildman–Crippen LogP) is -0.178. The summed E-state index contributed by atoms with van der Waals surface area (Å²) >= 11 is 0. The number of hydrogen-bond acceptors (Lipinski definition) is 11. The SMILES string of the molecule is O=C(N[C@@H](Cc1cn(C(=O)OCc2ccccc2)cn1)C(=O)N[C@@H]1O[C@H](CO)[C@@H](O)[C@H](O)[C@H]1O)OCc1ccccc1. The smallest absolute Gasteiger partial charge is 0.419 e. The van der Waals surface area contributed by atoms with Crippen molar-refractivity contribution in [3.05, 3.63) is 90.0 Å². The van der Waals surface area contributed by atoms with Crippen molar-refractivity contribution in [3.8, 4) is 0 Å². The van der Waals surface area contributed by atoms with Crippen LogP contribution in [0.1, 0.15) is 16.8 Å². The third kappa shape index (κ3) is 8.11. The molecule has 14 nitrogen and oxygen atoms in total. The van der Waals surface area contributed by atoms with Gasteiger partial charge in [-0.05, 0) is 11.1 Å². The third-order valence-corrected chi connectivity index (χ3v) is 6.46. The molecule has 0 spiro atoms. The number of aromatic nitrogens is 2. The van der Waals surface area contributed by atoms with Crippen molar-refractivity contribution in [1.82, 2.24) is 20.2 Å². The van der Waals surface area contributed by atoms with E-state index in [4.69, 9.17) is 14.2 Å². The molecule has 0 bridgehead atoms. The number of amides is 2. The van der Waals surface area contributed by atoms with Crippen molar-refractivity contribution in [2.24, 2.45) is 0 Å². The van der Waals surface area contributed by atoms with E-state index < -0.39 is 61.4 Å². The molecule has 0 aliphatic carbocycles. The second-order valence-corrected chi connectivity index (χ2v) is 9.53. The molecule has 6 N–H and O–H groups in total. The van der Waals surface area contributed by atoms with E-state index in [0.29, 0.717) is 5.56 Å². The van der Waals surface area contributed by atoms with Gasteiger partial charge in [-0.25, -0.2) is 19.1 Å². The Morgan fingerprint density at radius 3 is 2.14 bits per heavy atom. The lowest BCUT2D eigenvalue weighted by Crippen LogP contribution is -2.64. The normalized spacial score (nSPS) is 22.5. The van der Waals surface area contributed by atoms with Gasteiger partial charge in [-0.15, -0.1) is 0 Å². The monoisotopic (exact) mass is 584 g/mol. The molecule has 1 saturated heterocycles. The zero-order valence-electron chi connectivity index (χ0n) is 22.4. The Hall–Kier alpha value is -4.34. The Morgan fingerprint density at radius 2 is 1.52 bits per heavy atom. The molecule has 42 heavy (non-hydrogen) atoms. The maximum absolute atomic E-state index is 13.2. The van der Waals surface area contributed by atoms with E-state index in [1.807, 2.05) is 18.2 Å². The van der Waals surface area contributed by atoms with E-state index in [0.717, 1.165) is 10.1 Å². The Kier molecular flexibility index (Phi) is 10.6. The fraction of sp³-hybridized carbons (Fsp3) is 0.357. The quantitative estimate of drug-likeness (QED) is 0.185. The highest BCUT2D eigenvalue weighted by atomic mass is 16.6. The van der Waals surface area contributed by atoms with Gasteiger partial charge < -0.3 is 45.3 Å². The summed E-state index contributed by atoms with van der Waals surface area (Å²) in [5.74, 6) is -0.864. The molecule has 1 aromatic heterocycles. The van der Waals surface area contributed by atoms with Gasteiger partial charge in [-0.3, -0.25) is 4.79 Å². The number of aliphatic hydroxyl groups excluding tert-OH is 4. The average Bonchev–Trinajstić information content (AvgIpc) is 3.48. The van der Waals surface area contributed by atoms with Crippen LogP contribution >= 0.6 is 0 Å². The van der Waals surface area contributed by atoms with Crippen LogP contribution in [0.25, 0.3) is 0 Å². The van der Waals surface area contributed by atoms with Gasteiger partial charge in [-0.1, -0.05) is 60.7 Å². The van der Waals surface area contributed by atoms with Gasteiger partial charge in [-0.2, -0.15) is 0 Å². The molecule has 14 heteroatoms. The molecule has 0 unspecified atom stereocenters. The maximum Gasteiger partial charge on any atom is 0.419 e. The van der Waals surface area contributed by atoms with E-state index in [1.54, 1.807) is 42.5 Å². The average molecular weight is 585 g/mol. The van der Waals surface area contributed by atoms with Crippen molar-refractivity contribution in [2.45, 2.75) is 56.3 Å². The van der Waals surface area contributed by atoms with Gasteiger partial charge in [0.2, 0.25) is 5.91 Å². The van der Waals surface area contributed by atoms with Crippen molar-refractivity contribution >= 4 is 18.1 Å². The lowest BCUT2D eigenvalue weighted by atomic mass is 9.98. The van der Waals surface area contributed by atoms with E-state index in [2.05, 4.69) is 15.6 Å². The van der Waals surface area contributed by atoms with Crippen molar-refractivity contribution in [1.29, 1.82) is 0 Å². The highest BCUT2D eigenvalue weighted by molar-refractivity contribution is 5.86. The Bertz CT molecular complexity index is 1320. The van der Waals surface area contributed by atoms with Crippen LogP contribution in [-0.2, 0) is 38.6 Å². The molecule has 3 aromatic rings. The van der Waals surface area contributed by atoms with Crippen LogP contribution in [0.4, 0.5) is 9.59 Å². The molecule has 2 amide bonds. The minimum absolute atomic E-state index is 0.0339. The van der Waals surface area contributed by atoms with Crippen molar-refractivity contribution in [2.75, 3.05) is 6.61 Å². The first-order chi connectivity index (χ1) is 20.2. The van der Waals surface area contributed by atoms with Crippen LogP contribution in [0.5, 0.6) is 0 Å². The van der Waals surface area contributed by atoms with Gasteiger partial charge >= 0.3 is 12.2 Å². The second kappa shape index (κ2) is 14.5. The number of ether oxygens (including phenoxy) is 3. The molecule has 6 atom stereocenters. The summed E-state index contributed by atoms with van der Waals surface area (Å²) in [6.07, 6.45) is -7.20. The lowest BCUT2D eigenvalue weighted by molar-refractivity contribution is -0.236. The minimum Gasteiger partial charge on any atom is -0.445 e. The maximum atomic E-state index is 13.2. The first-order valence-corrected chi connectivity index (χ1v) is 13.1. The van der Waals surface area contributed by atoms with Crippen LogP contribution in [-0.4, -0.2) is 91.4 Å². The first-order valence-electron chi connectivity index (χ1n) is 13.1. The minimum atomic E-state index is -1.74. The zero-order valence-corrected chi connectivity index (χ0v) is 22.4. The van der Waals surface area contributed by atoms with Crippen LogP contribution in [0.2, 0.25) is 0 Å². The number of nitrogens with one attached hydrogen (secondary N) is 2. The van der Waals surface area contributed by atoms with Crippen LogP contribution in [0, 0.1) is 0 Å². The van der Waals surface area contributed by atoms with Crippen LogP contribution in [0.3, 0.4) is 0 Å². The lowest BCUT2D eigenvalue weighted by Gasteiger charge is -2.40. The predicted molar refractivity (Wildman–Crippen MR) is 143 cm³/mol. The molecular formula is C28H32N4O10. The molecule has 0 saturated carbocycles. The van der Waals surface area contributed by atoms with E-state index in [1.165, 1.54) is 12.5 Å². The Morgan fingerprint density at radius 1 is 0.905 bits per heavy atom. The summed E-state index contributed by atoms with van der Waals surface area (Å²) in [5.41, 5.74) is 1.72. The summed E-state index contributed by atoms with van der Waals surface area (Å²) in [4.78, 5) is 42.5. The largest absolute Gasteiger partial charge is 0.445 e. The number of benzene rings is 2. The summed E-state index contributed by atoms with van der Waals surface area (Å²) in [6.45, 7) is -0.732. The third-order valence-electron chi connectivity index (χ3n) is 6.46. The number of imidazole rings is 1. The van der Waals surface area contributed by atoms with Crippen LogP contribution < -0.4 is 10.6 Å². The number of rotatable bonds is 10. The summed E-state index contributed by atoms with van der Waals surface area (Å²) < 4.78 is 16.9. The topological polar surface area (TPSA) is 202 Å². The molecule has 4 rings (SSSR count). The highest BCUT2D eigenvalue weighted by Gasteiger charge is 2.44. The number of carbonyl (C=O) groups is 3. The zero-order chi connectivity index (χ0) is 30.1. The van der Waals surface area contributed by atoms with Crippen molar-refractivity contribution < 1.29 is 49.0 Å². The second-order valence-electron chi connectivity index (χ2n) is 9.53. The summed E-state index contributed by atoms with van der Waals surface area (Å²) in [6, 6.07) is 16.6. The van der Waals surface area contributed by atoms with Gasteiger partial charge in [0, 0.05) is 12.6 Å². The summed E-state index contributed by atoms with van der Waals surface area (Å²) in [7, 11) is 0. The molecule has 0 radical (unpaired) electrons. The van der Waals surface area contributed by atoms with Gasteiger partial charge in [0.05, 0.1) is 12.3 Å².